The SMILES string of the molecule is CCCN(C(=O)CN1C(=O)N[C@](C)(c2ccc(OC)cc2)C1=O)[C@H]1CCS(=O)(=O)C1. The first-order chi connectivity index (χ1) is 14.1. The number of carbonyl (C=O) groups excluding carboxylic acids is 3. The zero-order valence-electron chi connectivity index (χ0n) is 17.4. The Morgan fingerprint density at radius 2 is 1.97 bits per heavy atom. The maximum Gasteiger partial charge on any atom is 0.325 e. The van der Waals surface area contributed by atoms with Crippen LogP contribution in [0, 0.1) is 0 Å². The Morgan fingerprint density at radius 3 is 2.50 bits per heavy atom. The Bertz CT molecular complexity index is 946. The maximum atomic E-state index is 13.1. The zero-order chi connectivity index (χ0) is 22.1. The summed E-state index contributed by atoms with van der Waals surface area (Å²) in [5, 5.41) is 2.67. The second-order valence-corrected chi connectivity index (χ2v) is 10.0. The number of ether oxygens (including phenoxy) is 1. The van der Waals surface area contributed by atoms with Crippen LogP contribution >= 0.6 is 0 Å². The molecule has 2 fully saturated rings. The summed E-state index contributed by atoms with van der Waals surface area (Å²) in [6.07, 6.45) is 1.02. The minimum Gasteiger partial charge on any atom is -0.497 e. The molecule has 9 nitrogen and oxygen atoms in total. The summed E-state index contributed by atoms with van der Waals surface area (Å²) in [5.41, 5.74) is -0.723. The van der Waals surface area contributed by atoms with E-state index in [0.29, 0.717) is 30.7 Å². The molecule has 2 aliphatic heterocycles. The fourth-order valence-corrected chi connectivity index (χ4v) is 5.69. The molecule has 0 saturated carbocycles. The van der Waals surface area contributed by atoms with Crippen LogP contribution in [0.3, 0.4) is 0 Å². The van der Waals surface area contributed by atoms with Crippen LogP contribution in [-0.2, 0) is 25.0 Å². The van der Waals surface area contributed by atoms with E-state index >= 15 is 0 Å². The van der Waals surface area contributed by atoms with Gasteiger partial charge in [0.1, 0.15) is 17.8 Å². The molecule has 1 aromatic carbocycles. The molecule has 10 heteroatoms. The Morgan fingerprint density at radius 1 is 1.30 bits per heavy atom. The molecule has 2 atom stereocenters. The number of urea groups is 1. The summed E-state index contributed by atoms with van der Waals surface area (Å²) < 4.78 is 28.8. The fourth-order valence-electron chi connectivity index (χ4n) is 3.96. The molecule has 2 aliphatic rings. The predicted molar refractivity (Wildman–Crippen MR) is 110 cm³/mol. The summed E-state index contributed by atoms with van der Waals surface area (Å²) >= 11 is 0. The lowest BCUT2D eigenvalue weighted by molar-refractivity contribution is -0.140. The first kappa shape index (κ1) is 22.1. The van der Waals surface area contributed by atoms with E-state index in [4.69, 9.17) is 4.74 Å². The number of amides is 4. The van der Waals surface area contributed by atoms with E-state index in [-0.39, 0.29) is 11.5 Å². The van der Waals surface area contributed by atoms with Gasteiger partial charge >= 0.3 is 6.03 Å². The van der Waals surface area contributed by atoms with Crippen LogP contribution in [0.5, 0.6) is 5.75 Å². The van der Waals surface area contributed by atoms with Crippen LogP contribution in [0.25, 0.3) is 0 Å². The molecule has 0 spiro atoms. The van der Waals surface area contributed by atoms with Crippen LogP contribution in [0.2, 0.25) is 0 Å². The molecule has 1 aromatic rings. The molecular formula is C20H27N3O6S. The van der Waals surface area contributed by atoms with E-state index in [1.807, 2.05) is 6.92 Å². The van der Waals surface area contributed by atoms with Gasteiger partial charge in [-0.05, 0) is 37.5 Å². The molecule has 164 valence electrons. The number of nitrogens with zero attached hydrogens (tertiary/aromatic N) is 2. The Labute approximate surface area is 176 Å². The standard InChI is InChI=1S/C20H27N3O6S/c1-4-10-22(15-9-11-30(27,28)13-15)17(24)12-23-18(25)20(2,21-19(23)26)14-5-7-16(29-3)8-6-14/h5-8,15H,4,9-13H2,1-3H3,(H,21,26)/t15-,20+/m0/s1. The third-order valence-corrected chi connectivity index (χ3v) is 7.42. The van der Waals surface area contributed by atoms with Gasteiger partial charge in [-0.25, -0.2) is 13.2 Å². The number of carbonyl (C=O) groups is 3. The number of hydrogen-bond donors (Lipinski definition) is 1. The monoisotopic (exact) mass is 437 g/mol. The smallest absolute Gasteiger partial charge is 0.325 e. The number of rotatable bonds is 7. The van der Waals surface area contributed by atoms with Crippen LogP contribution < -0.4 is 10.1 Å². The van der Waals surface area contributed by atoms with Crippen LogP contribution in [0.1, 0.15) is 32.3 Å². The number of benzene rings is 1. The van der Waals surface area contributed by atoms with Gasteiger partial charge in [0.2, 0.25) is 5.91 Å². The van der Waals surface area contributed by atoms with Gasteiger partial charge in [0.05, 0.1) is 18.6 Å². The normalized spacial score (nSPS) is 25.3. The molecule has 2 heterocycles. The number of imide groups is 1. The van der Waals surface area contributed by atoms with Gasteiger partial charge in [0.25, 0.3) is 5.91 Å². The summed E-state index contributed by atoms with van der Waals surface area (Å²) in [6, 6.07) is 5.69. The number of hydrogen-bond acceptors (Lipinski definition) is 6. The number of sulfone groups is 1. The number of methoxy groups -OCH3 is 1. The summed E-state index contributed by atoms with van der Waals surface area (Å²) in [7, 11) is -1.63. The van der Waals surface area contributed by atoms with Crippen molar-refractivity contribution in [2.45, 2.75) is 38.3 Å². The maximum absolute atomic E-state index is 13.1. The van der Waals surface area contributed by atoms with Gasteiger partial charge in [-0.3, -0.25) is 14.5 Å². The highest BCUT2D eigenvalue weighted by atomic mass is 32.2. The summed E-state index contributed by atoms with van der Waals surface area (Å²) in [6.45, 7) is 3.43. The second kappa shape index (κ2) is 8.25. The summed E-state index contributed by atoms with van der Waals surface area (Å²) in [4.78, 5) is 41.0. The van der Waals surface area contributed by atoms with Crippen LogP contribution in [-0.4, -0.2) is 73.8 Å². The van der Waals surface area contributed by atoms with Crippen molar-refractivity contribution >= 4 is 27.7 Å². The first-order valence-electron chi connectivity index (χ1n) is 9.90. The fraction of sp³-hybridized carbons (Fsp3) is 0.550. The molecule has 30 heavy (non-hydrogen) atoms. The molecule has 3 rings (SSSR count). The van der Waals surface area contributed by atoms with Gasteiger partial charge < -0.3 is 15.0 Å². The average molecular weight is 438 g/mol. The van der Waals surface area contributed by atoms with Gasteiger partial charge in [-0.2, -0.15) is 0 Å². The lowest BCUT2D eigenvalue weighted by atomic mass is 9.92. The highest BCUT2D eigenvalue weighted by Crippen LogP contribution is 2.30. The van der Waals surface area contributed by atoms with Crippen LogP contribution in [0.4, 0.5) is 4.79 Å². The van der Waals surface area contributed by atoms with E-state index in [9.17, 15) is 22.8 Å². The van der Waals surface area contributed by atoms with E-state index in [1.165, 1.54) is 12.0 Å². The molecule has 2 saturated heterocycles. The zero-order valence-corrected chi connectivity index (χ0v) is 18.2. The molecule has 0 unspecified atom stereocenters. The second-order valence-electron chi connectivity index (χ2n) is 7.82. The largest absolute Gasteiger partial charge is 0.497 e. The van der Waals surface area contributed by atoms with Crippen molar-refractivity contribution in [1.82, 2.24) is 15.1 Å². The van der Waals surface area contributed by atoms with Gasteiger partial charge in [0.15, 0.2) is 9.84 Å². The van der Waals surface area contributed by atoms with Crippen molar-refractivity contribution in [3.8, 4) is 5.75 Å². The Kier molecular flexibility index (Phi) is 6.07. The van der Waals surface area contributed by atoms with Crippen molar-refractivity contribution in [2.75, 3.05) is 31.7 Å². The van der Waals surface area contributed by atoms with E-state index < -0.39 is 45.8 Å². The van der Waals surface area contributed by atoms with Crippen molar-refractivity contribution in [3.63, 3.8) is 0 Å². The average Bonchev–Trinajstić information content (AvgIpc) is 3.17. The van der Waals surface area contributed by atoms with Crippen molar-refractivity contribution < 1.29 is 27.5 Å². The van der Waals surface area contributed by atoms with Crippen molar-refractivity contribution in [1.29, 1.82) is 0 Å². The van der Waals surface area contributed by atoms with Crippen molar-refractivity contribution in [3.05, 3.63) is 29.8 Å². The Balaban J connectivity index is 1.77. The molecule has 0 bridgehead atoms. The topological polar surface area (TPSA) is 113 Å². The Hall–Kier alpha value is -2.62. The van der Waals surface area contributed by atoms with E-state index in [1.54, 1.807) is 31.2 Å². The first-order valence-corrected chi connectivity index (χ1v) is 11.7. The minimum absolute atomic E-state index is 0.0455. The van der Waals surface area contributed by atoms with Gasteiger partial charge in [0, 0.05) is 12.6 Å². The van der Waals surface area contributed by atoms with Gasteiger partial charge in [-0.1, -0.05) is 19.1 Å². The van der Waals surface area contributed by atoms with Crippen LogP contribution in [0.15, 0.2) is 24.3 Å². The lowest BCUT2D eigenvalue weighted by Gasteiger charge is -2.29. The quantitative estimate of drug-likeness (QED) is 0.634. The molecule has 0 aromatic heterocycles. The molecular weight excluding hydrogens is 410 g/mol. The molecule has 4 amide bonds. The highest BCUT2D eigenvalue weighted by Gasteiger charge is 2.50. The van der Waals surface area contributed by atoms with Crippen molar-refractivity contribution in [2.24, 2.45) is 0 Å². The third kappa shape index (κ3) is 4.14. The molecule has 1 N–H and O–H groups in total. The predicted octanol–water partition coefficient (Wildman–Crippen LogP) is 0.888. The summed E-state index contributed by atoms with van der Waals surface area (Å²) in [5.74, 6) is -0.373. The molecule has 0 radical (unpaired) electrons. The molecule has 0 aliphatic carbocycles. The third-order valence-electron chi connectivity index (χ3n) is 5.67. The lowest BCUT2D eigenvalue weighted by Crippen LogP contribution is -2.48. The number of nitrogens with one attached hydrogen (secondary N) is 1. The van der Waals surface area contributed by atoms with Gasteiger partial charge in [-0.15, -0.1) is 0 Å². The minimum atomic E-state index is -3.17. The highest BCUT2D eigenvalue weighted by molar-refractivity contribution is 7.91. The van der Waals surface area contributed by atoms with E-state index in [0.717, 1.165) is 4.90 Å². The van der Waals surface area contributed by atoms with E-state index in [2.05, 4.69) is 5.32 Å².